The molecular formula is C9H9F3N2O4. The van der Waals surface area contributed by atoms with Crippen LogP contribution in [0.25, 0.3) is 0 Å². The average Bonchev–Trinajstić information content (AvgIpc) is 2.25. The number of halogens is 3. The summed E-state index contributed by atoms with van der Waals surface area (Å²) in [4.78, 5) is 9.67. The van der Waals surface area contributed by atoms with Gasteiger partial charge in [0.25, 0.3) is 5.69 Å². The first-order chi connectivity index (χ1) is 8.14. The number of phenolic OH excluding ortho intramolecular Hbond substituents is 1. The van der Waals surface area contributed by atoms with Gasteiger partial charge < -0.3 is 15.9 Å². The molecule has 0 heterocycles. The zero-order chi connectivity index (χ0) is 14.1. The van der Waals surface area contributed by atoms with Crippen LogP contribution in [0, 0.1) is 10.1 Å². The number of rotatable bonds is 3. The van der Waals surface area contributed by atoms with Gasteiger partial charge in [0.15, 0.2) is 6.10 Å². The van der Waals surface area contributed by atoms with Gasteiger partial charge in [-0.15, -0.1) is 0 Å². The number of nitrogens with two attached hydrogens (primary N) is 1. The number of benzene rings is 1. The number of aliphatic hydroxyl groups excluding tert-OH is 1. The molecule has 0 aromatic heterocycles. The van der Waals surface area contributed by atoms with Crippen molar-refractivity contribution >= 4 is 5.69 Å². The zero-order valence-corrected chi connectivity index (χ0v) is 8.76. The van der Waals surface area contributed by atoms with Gasteiger partial charge in [-0.05, 0) is 12.1 Å². The average molecular weight is 266 g/mol. The predicted octanol–water partition coefficient (Wildman–Crippen LogP) is 1.22. The standard InChI is InChI=1S/C9H9F3N2O4/c10-9(11,12)8(16)7(13)5-3-4(15)1-2-6(5)14(17)18/h1-3,7-8,15-16H,13H2/t7-,8-/m0/s1. The van der Waals surface area contributed by atoms with Crippen molar-refractivity contribution < 1.29 is 28.3 Å². The Balaban J connectivity index is 3.23. The van der Waals surface area contributed by atoms with Crippen molar-refractivity contribution in [1.82, 2.24) is 0 Å². The smallest absolute Gasteiger partial charge is 0.416 e. The lowest BCUT2D eigenvalue weighted by molar-refractivity contribution is -0.386. The first-order valence-electron chi connectivity index (χ1n) is 4.62. The molecule has 0 saturated heterocycles. The maximum atomic E-state index is 12.3. The number of aromatic hydroxyl groups is 1. The van der Waals surface area contributed by atoms with Gasteiger partial charge in [-0.25, -0.2) is 0 Å². The number of hydrogen-bond acceptors (Lipinski definition) is 5. The van der Waals surface area contributed by atoms with Crippen molar-refractivity contribution in [2.75, 3.05) is 0 Å². The van der Waals surface area contributed by atoms with E-state index in [0.29, 0.717) is 0 Å². The van der Waals surface area contributed by atoms with Crippen LogP contribution < -0.4 is 5.73 Å². The molecule has 0 aliphatic rings. The van der Waals surface area contributed by atoms with Crippen LogP contribution >= 0.6 is 0 Å². The Bertz CT molecular complexity index is 464. The summed E-state index contributed by atoms with van der Waals surface area (Å²) in [5, 5.41) is 28.7. The van der Waals surface area contributed by atoms with Crippen molar-refractivity contribution in [3.05, 3.63) is 33.9 Å². The molecule has 0 fully saturated rings. The van der Waals surface area contributed by atoms with Crippen molar-refractivity contribution in [2.24, 2.45) is 5.73 Å². The highest BCUT2D eigenvalue weighted by Gasteiger charge is 2.44. The second-order valence-corrected chi connectivity index (χ2v) is 3.51. The molecule has 0 spiro atoms. The van der Waals surface area contributed by atoms with E-state index in [1.165, 1.54) is 0 Å². The Labute approximate surface area is 98.6 Å². The summed E-state index contributed by atoms with van der Waals surface area (Å²) in [5.41, 5.74) is 3.85. The van der Waals surface area contributed by atoms with Crippen LogP contribution in [0.3, 0.4) is 0 Å². The molecule has 0 bridgehead atoms. The molecule has 0 aliphatic carbocycles. The summed E-state index contributed by atoms with van der Waals surface area (Å²) >= 11 is 0. The molecule has 0 amide bonds. The first-order valence-corrected chi connectivity index (χ1v) is 4.62. The molecule has 100 valence electrons. The molecule has 0 unspecified atom stereocenters. The quantitative estimate of drug-likeness (QED) is 0.563. The summed E-state index contributed by atoms with van der Waals surface area (Å²) in [6.07, 6.45) is -7.98. The Hall–Kier alpha value is -1.87. The fraction of sp³-hybridized carbons (Fsp3) is 0.333. The highest BCUT2D eigenvalue weighted by molar-refractivity contribution is 5.47. The van der Waals surface area contributed by atoms with Crippen LogP contribution in [0.1, 0.15) is 11.6 Å². The Morgan fingerprint density at radius 3 is 2.39 bits per heavy atom. The summed E-state index contributed by atoms with van der Waals surface area (Å²) in [7, 11) is 0. The second-order valence-electron chi connectivity index (χ2n) is 3.51. The summed E-state index contributed by atoms with van der Waals surface area (Å²) in [6, 6.07) is 0.414. The number of nitrogens with zero attached hydrogens (tertiary/aromatic N) is 1. The molecule has 1 aromatic rings. The predicted molar refractivity (Wildman–Crippen MR) is 53.8 cm³/mol. The fourth-order valence-electron chi connectivity index (χ4n) is 1.35. The minimum absolute atomic E-state index is 0.486. The van der Waals surface area contributed by atoms with E-state index in [9.17, 15) is 23.3 Å². The van der Waals surface area contributed by atoms with Crippen LogP contribution in [0.4, 0.5) is 18.9 Å². The minimum Gasteiger partial charge on any atom is -0.508 e. The van der Waals surface area contributed by atoms with E-state index in [0.717, 1.165) is 18.2 Å². The first kappa shape index (κ1) is 14.2. The third kappa shape index (κ3) is 2.87. The number of phenols is 1. The molecule has 4 N–H and O–H groups in total. The minimum atomic E-state index is -5.02. The number of aliphatic hydroxyl groups is 1. The van der Waals surface area contributed by atoms with E-state index in [2.05, 4.69) is 0 Å². The van der Waals surface area contributed by atoms with E-state index >= 15 is 0 Å². The highest BCUT2D eigenvalue weighted by atomic mass is 19.4. The van der Waals surface area contributed by atoms with E-state index in [-0.39, 0.29) is 0 Å². The number of alkyl halides is 3. The topological polar surface area (TPSA) is 110 Å². The zero-order valence-electron chi connectivity index (χ0n) is 8.76. The maximum absolute atomic E-state index is 12.3. The lowest BCUT2D eigenvalue weighted by Gasteiger charge is -2.21. The van der Waals surface area contributed by atoms with Crippen LogP contribution in [-0.2, 0) is 0 Å². The summed E-state index contributed by atoms with van der Waals surface area (Å²) < 4.78 is 36.8. The van der Waals surface area contributed by atoms with Crippen LogP contribution in [0.2, 0.25) is 0 Å². The van der Waals surface area contributed by atoms with Gasteiger partial charge in [-0.1, -0.05) is 0 Å². The van der Waals surface area contributed by atoms with Gasteiger partial charge >= 0.3 is 6.18 Å². The Morgan fingerprint density at radius 1 is 1.39 bits per heavy atom. The molecule has 6 nitrogen and oxygen atoms in total. The van der Waals surface area contributed by atoms with Gasteiger partial charge in [0.2, 0.25) is 0 Å². The highest BCUT2D eigenvalue weighted by Crippen LogP contribution is 2.34. The molecule has 1 rings (SSSR count). The SMILES string of the molecule is N[C@@H](c1cc(O)ccc1[N+](=O)[O-])[C@H](O)C(F)(F)F. The maximum Gasteiger partial charge on any atom is 0.416 e. The van der Waals surface area contributed by atoms with Crippen molar-refractivity contribution in [1.29, 1.82) is 0 Å². The number of hydrogen-bond donors (Lipinski definition) is 3. The van der Waals surface area contributed by atoms with Crippen LogP contribution in [-0.4, -0.2) is 27.4 Å². The number of nitro benzene ring substituents is 1. The van der Waals surface area contributed by atoms with Crippen molar-refractivity contribution in [2.45, 2.75) is 18.3 Å². The van der Waals surface area contributed by atoms with Crippen LogP contribution in [0.15, 0.2) is 18.2 Å². The van der Waals surface area contributed by atoms with Crippen LogP contribution in [0.5, 0.6) is 5.75 Å². The van der Waals surface area contributed by atoms with Crippen molar-refractivity contribution in [3.63, 3.8) is 0 Å². The fourth-order valence-corrected chi connectivity index (χ4v) is 1.35. The molecule has 0 aliphatic heterocycles. The van der Waals surface area contributed by atoms with E-state index in [1.807, 2.05) is 0 Å². The molecule has 0 saturated carbocycles. The van der Waals surface area contributed by atoms with Gasteiger partial charge in [-0.2, -0.15) is 13.2 Å². The van der Waals surface area contributed by atoms with Gasteiger partial charge in [0.1, 0.15) is 5.75 Å². The van der Waals surface area contributed by atoms with Gasteiger partial charge in [-0.3, -0.25) is 10.1 Å². The second kappa shape index (κ2) is 4.78. The van der Waals surface area contributed by atoms with E-state index < -0.39 is 40.2 Å². The van der Waals surface area contributed by atoms with Gasteiger partial charge in [0, 0.05) is 6.07 Å². The molecule has 9 heteroatoms. The molecule has 0 radical (unpaired) electrons. The Morgan fingerprint density at radius 2 is 1.94 bits per heavy atom. The molecule has 2 atom stereocenters. The van der Waals surface area contributed by atoms with Gasteiger partial charge in [0.05, 0.1) is 16.5 Å². The van der Waals surface area contributed by atoms with E-state index in [4.69, 9.17) is 15.9 Å². The van der Waals surface area contributed by atoms with E-state index in [1.54, 1.807) is 0 Å². The monoisotopic (exact) mass is 266 g/mol. The molecule has 18 heavy (non-hydrogen) atoms. The molecular weight excluding hydrogens is 257 g/mol. The molecule has 1 aromatic carbocycles. The summed E-state index contributed by atoms with van der Waals surface area (Å²) in [6.45, 7) is 0. The largest absolute Gasteiger partial charge is 0.508 e. The lowest BCUT2D eigenvalue weighted by atomic mass is 10.00. The third-order valence-corrected chi connectivity index (χ3v) is 2.24. The summed E-state index contributed by atoms with van der Waals surface area (Å²) in [5.74, 6) is -0.486. The Kier molecular flexibility index (Phi) is 3.77. The third-order valence-electron chi connectivity index (χ3n) is 2.24. The van der Waals surface area contributed by atoms with Crippen molar-refractivity contribution in [3.8, 4) is 5.75 Å². The lowest BCUT2D eigenvalue weighted by Crippen LogP contribution is -2.39. The number of nitro groups is 1. The normalized spacial score (nSPS) is 15.2.